The van der Waals surface area contributed by atoms with E-state index in [1.54, 1.807) is 19.0 Å². The average molecular weight is 326 g/mol. The van der Waals surface area contributed by atoms with Crippen LogP contribution in [0.25, 0.3) is 5.69 Å². The molecule has 1 heterocycles. The van der Waals surface area contributed by atoms with Crippen LogP contribution in [0.2, 0.25) is 0 Å². The Morgan fingerprint density at radius 3 is 2.52 bits per heavy atom. The van der Waals surface area contributed by atoms with Crippen LogP contribution >= 0.6 is 0 Å². The maximum absolute atomic E-state index is 12.8. The van der Waals surface area contributed by atoms with E-state index in [0.29, 0.717) is 0 Å². The van der Waals surface area contributed by atoms with Gasteiger partial charge < -0.3 is 4.90 Å². The summed E-state index contributed by atoms with van der Waals surface area (Å²) in [6.07, 6.45) is -3.22. The Morgan fingerprint density at radius 1 is 1.22 bits per heavy atom. The number of aromatic nitrogens is 2. The van der Waals surface area contributed by atoms with Gasteiger partial charge >= 0.3 is 11.9 Å². The SMILES string of the molecule is CN(C)/C=N/c1cc(=O)[nH]c(=O)n1-c1cccc(C(F)(F)F)c1. The Hall–Kier alpha value is -2.84. The third-order valence-electron chi connectivity index (χ3n) is 2.78. The lowest BCUT2D eigenvalue weighted by Crippen LogP contribution is -2.28. The third-order valence-corrected chi connectivity index (χ3v) is 2.78. The van der Waals surface area contributed by atoms with Crippen molar-refractivity contribution in [1.82, 2.24) is 14.5 Å². The van der Waals surface area contributed by atoms with Gasteiger partial charge in [-0.3, -0.25) is 9.78 Å². The Balaban J connectivity index is 2.68. The molecule has 0 saturated heterocycles. The molecule has 9 heteroatoms. The minimum Gasteiger partial charge on any atom is -0.369 e. The second-order valence-corrected chi connectivity index (χ2v) is 4.89. The molecule has 0 amide bonds. The van der Waals surface area contributed by atoms with Crippen molar-refractivity contribution in [2.24, 2.45) is 4.99 Å². The summed E-state index contributed by atoms with van der Waals surface area (Å²) >= 11 is 0. The lowest BCUT2D eigenvalue weighted by molar-refractivity contribution is -0.137. The Kier molecular flexibility index (Phi) is 4.39. The van der Waals surface area contributed by atoms with Gasteiger partial charge in [0.25, 0.3) is 5.56 Å². The molecule has 122 valence electrons. The first-order chi connectivity index (χ1) is 10.7. The molecule has 0 radical (unpaired) electrons. The Morgan fingerprint density at radius 2 is 1.91 bits per heavy atom. The zero-order valence-corrected chi connectivity index (χ0v) is 12.3. The van der Waals surface area contributed by atoms with Crippen molar-refractivity contribution in [3.63, 3.8) is 0 Å². The van der Waals surface area contributed by atoms with Gasteiger partial charge in [0.05, 0.1) is 17.6 Å². The molecule has 0 aliphatic carbocycles. The van der Waals surface area contributed by atoms with Crippen LogP contribution in [0.15, 0.2) is 44.9 Å². The van der Waals surface area contributed by atoms with Crippen LogP contribution in [-0.2, 0) is 6.18 Å². The summed E-state index contributed by atoms with van der Waals surface area (Å²) in [5.41, 5.74) is -2.52. The number of benzene rings is 1. The van der Waals surface area contributed by atoms with Crippen LogP contribution in [0.1, 0.15) is 5.56 Å². The van der Waals surface area contributed by atoms with E-state index in [4.69, 9.17) is 0 Å². The lowest BCUT2D eigenvalue weighted by Gasteiger charge is -2.12. The van der Waals surface area contributed by atoms with Crippen LogP contribution in [-0.4, -0.2) is 34.9 Å². The van der Waals surface area contributed by atoms with Gasteiger partial charge in [-0.25, -0.2) is 14.4 Å². The highest BCUT2D eigenvalue weighted by atomic mass is 19.4. The number of aliphatic imine (C=N–C) groups is 1. The predicted molar refractivity (Wildman–Crippen MR) is 79.5 cm³/mol. The number of halogens is 3. The van der Waals surface area contributed by atoms with Gasteiger partial charge in [0, 0.05) is 20.2 Å². The number of H-pyrrole nitrogens is 1. The van der Waals surface area contributed by atoms with Gasteiger partial charge in [-0.1, -0.05) is 6.07 Å². The fraction of sp³-hybridized carbons (Fsp3) is 0.214. The van der Waals surface area contributed by atoms with Crippen molar-refractivity contribution in [2.75, 3.05) is 14.1 Å². The fourth-order valence-corrected chi connectivity index (χ4v) is 1.82. The molecule has 23 heavy (non-hydrogen) atoms. The van der Waals surface area contributed by atoms with Crippen LogP contribution in [0.4, 0.5) is 19.0 Å². The zero-order valence-electron chi connectivity index (χ0n) is 12.3. The number of hydrogen-bond donors (Lipinski definition) is 1. The summed E-state index contributed by atoms with van der Waals surface area (Å²) in [5.74, 6) is -0.0771. The zero-order chi connectivity index (χ0) is 17.2. The van der Waals surface area contributed by atoms with Crippen molar-refractivity contribution < 1.29 is 13.2 Å². The molecule has 0 saturated carbocycles. The summed E-state index contributed by atoms with van der Waals surface area (Å²) in [6.45, 7) is 0. The molecule has 6 nitrogen and oxygen atoms in total. The van der Waals surface area contributed by atoms with Gasteiger partial charge in [-0.15, -0.1) is 0 Å². The van der Waals surface area contributed by atoms with E-state index in [2.05, 4.69) is 4.99 Å². The summed E-state index contributed by atoms with van der Waals surface area (Å²) < 4.78 is 39.4. The second kappa shape index (κ2) is 6.11. The minimum absolute atomic E-state index is 0.0491. The predicted octanol–water partition coefficient (Wildman–Crippen LogP) is 1.77. The molecule has 0 aliphatic rings. The maximum Gasteiger partial charge on any atom is 0.416 e. The Bertz CT molecular complexity index is 850. The first kappa shape index (κ1) is 16.5. The normalized spacial score (nSPS) is 11.9. The first-order valence-corrected chi connectivity index (χ1v) is 6.43. The summed E-state index contributed by atoms with van der Waals surface area (Å²) in [4.78, 5) is 31.0. The van der Waals surface area contributed by atoms with Gasteiger partial charge in [-0.05, 0) is 18.2 Å². The number of alkyl halides is 3. The molecule has 0 atom stereocenters. The molecule has 1 aromatic carbocycles. The number of nitrogens with zero attached hydrogens (tertiary/aromatic N) is 3. The fourth-order valence-electron chi connectivity index (χ4n) is 1.82. The van der Waals surface area contributed by atoms with Gasteiger partial charge in [0.15, 0.2) is 0 Å². The van der Waals surface area contributed by atoms with E-state index >= 15 is 0 Å². The van der Waals surface area contributed by atoms with E-state index < -0.39 is 23.0 Å². The number of aromatic amines is 1. The number of rotatable bonds is 3. The number of hydrogen-bond acceptors (Lipinski definition) is 3. The quantitative estimate of drug-likeness (QED) is 0.690. The second-order valence-electron chi connectivity index (χ2n) is 4.89. The molecular formula is C14H13F3N4O2. The van der Waals surface area contributed by atoms with Gasteiger partial charge in [0.2, 0.25) is 0 Å². The molecule has 0 fully saturated rings. The monoisotopic (exact) mass is 326 g/mol. The summed E-state index contributed by atoms with van der Waals surface area (Å²) in [5, 5.41) is 0. The standard InChI is InChI=1S/C14H13F3N4O2/c1-20(2)8-18-11-7-12(22)19-13(23)21(11)10-5-3-4-9(6-10)14(15,16)17/h3-8H,1-2H3,(H,19,22,23)/b18-8+. The highest BCUT2D eigenvalue weighted by Gasteiger charge is 2.30. The highest BCUT2D eigenvalue weighted by Crippen LogP contribution is 2.30. The van der Waals surface area contributed by atoms with E-state index in [1.165, 1.54) is 18.5 Å². The first-order valence-electron chi connectivity index (χ1n) is 6.43. The van der Waals surface area contributed by atoms with Crippen LogP contribution in [0.3, 0.4) is 0 Å². The highest BCUT2D eigenvalue weighted by molar-refractivity contribution is 5.60. The molecule has 0 spiro atoms. The molecule has 0 aliphatic heterocycles. The lowest BCUT2D eigenvalue weighted by atomic mass is 10.2. The molecule has 0 unspecified atom stereocenters. The van der Waals surface area contributed by atoms with Crippen LogP contribution in [0.5, 0.6) is 0 Å². The molecule has 0 bridgehead atoms. The van der Waals surface area contributed by atoms with E-state index in [1.807, 2.05) is 4.98 Å². The van der Waals surface area contributed by atoms with Crippen molar-refractivity contribution in [3.8, 4) is 5.69 Å². The molecule has 2 rings (SSSR count). The van der Waals surface area contributed by atoms with Gasteiger partial charge in [-0.2, -0.15) is 13.2 Å². The molecule has 2 aromatic rings. The minimum atomic E-state index is -4.55. The average Bonchev–Trinajstić information content (AvgIpc) is 2.43. The van der Waals surface area contributed by atoms with E-state index in [9.17, 15) is 22.8 Å². The third kappa shape index (κ3) is 3.87. The number of nitrogens with one attached hydrogen (secondary N) is 1. The largest absolute Gasteiger partial charge is 0.416 e. The summed E-state index contributed by atoms with van der Waals surface area (Å²) in [7, 11) is 3.34. The van der Waals surface area contributed by atoms with Crippen LogP contribution < -0.4 is 11.2 Å². The Labute approximate surface area is 128 Å². The molecular weight excluding hydrogens is 313 g/mol. The molecule has 1 aromatic heterocycles. The van der Waals surface area contributed by atoms with E-state index in [0.717, 1.165) is 22.8 Å². The maximum atomic E-state index is 12.8. The summed E-state index contributed by atoms with van der Waals surface area (Å²) in [6, 6.07) is 5.23. The smallest absolute Gasteiger partial charge is 0.369 e. The topological polar surface area (TPSA) is 70.5 Å². The van der Waals surface area contributed by atoms with Crippen LogP contribution in [0, 0.1) is 0 Å². The molecule has 1 N–H and O–H groups in total. The van der Waals surface area contributed by atoms with Crippen molar-refractivity contribution in [2.45, 2.75) is 6.18 Å². The van der Waals surface area contributed by atoms with Gasteiger partial charge in [0.1, 0.15) is 5.82 Å². The van der Waals surface area contributed by atoms with E-state index in [-0.39, 0.29) is 11.5 Å². The van der Waals surface area contributed by atoms with Crippen molar-refractivity contribution in [1.29, 1.82) is 0 Å². The van der Waals surface area contributed by atoms with Crippen molar-refractivity contribution in [3.05, 3.63) is 56.7 Å². The van der Waals surface area contributed by atoms with Crippen molar-refractivity contribution >= 4 is 12.2 Å².